The van der Waals surface area contributed by atoms with Crippen LogP contribution in [0.1, 0.15) is 23.7 Å². The maximum Gasteiger partial charge on any atom is 0.220 e. The Labute approximate surface area is 153 Å². The monoisotopic (exact) mass is 349 g/mol. The molecule has 0 radical (unpaired) electrons. The summed E-state index contributed by atoms with van der Waals surface area (Å²) in [6, 6.07) is 21.4. The molecule has 0 aliphatic heterocycles. The maximum absolute atomic E-state index is 12.1. The highest BCUT2D eigenvalue weighted by atomic mass is 16.5. The molecule has 0 saturated heterocycles. The fourth-order valence-corrected chi connectivity index (χ4v) is 3.00. The zero-order valence-electron chi connectivity index (χ0n) is 14.8. The van der Waals surface area contributed by atoms with Crippen molar-refractivity contribution in [2.45, 2.75) is 18.9 Å². The van der Waals surface area contributed by atoms with Crippen molar-refractivity contribution < 1.29 is 14.6 Å². The normalized spacial score (nSPS) is 11.9. The van der Waals surface area contributed by atoms with Crippen molar-refractivity contribution in [1.29, 1.82) is 0 Å². The minimum Gasteiger partial charge on any atom is -0.497 e. The molecular weight excluding hydrogens is 326 g/mol. The van der Waals surface area contributed by atoms with Gasteiger partial charge in [-0.3, -0.25) is 4.79 Å². The summed E-state index contributed by atoms with van der Waals surface area (Å²) in [5.74, 6) is 0.733. The highest BCUT2D eigenvalue weighted by Crippen LogP contribution is 2.23. The third kappa shape index (κ3) is 4.41. The lowest BCUT2D eigenvalue weighted by atomic mass is 10.0. The molecule has 26 heavy (non-hydrogen) atoms. The minimum atomic E-state index is -0.731. The van der Waals surface area contributed by atoms with Gasteiger partial charge in [-0.25, -0.2) is 0 Å². The fraction of sp³-hybridized carbons (Fsp3) is 0.227. The number of methoxy groups -OCH3 is 1. The van der Waals surface area contributed by atoms with Crippen LogP contribution in [0.25, 0.3) is 10.8 Å². The number of aliphatic hydroxyl groups excluding tert-OH is 1. The zero-order valence-corrected chi connectivity index (χ0v) is 14.8. The van der Waals surface area contributed by atoms with Gasteiger partial charge in [-0.15, -0.1) is 0 Å². The summed E-state index contributed by atoms with van der Waals surface area (Å²) in [5, 5.41) is 15.4. The van der Waals surface area contributed by atoms with E-state index >= 15 is 0 Å². The van der Waals surface area contributed by atoms with Crippen molar-refractivity contribution in [2.24, 2.45) is 0 Å². The average molecular weight is 349 g/mol. The molecule has 0 aliphatic rings. The Morgan fingerprint density at radius 3 is 2.54 bits per heavy atom. The first-order valence-electron chi connectivity index (χ1n) is 8.73. The first-order chi connectivity index (χ1) is 12.7. The van der Waals surface area contributed by atoms with E-state index in [0.29, 0.717) is 12.8 Å². The van der Waals surface area contributed by atoms with E-state index in [2.05, 4.69) is 5.32 Å². The van der Waals surface area contributed by atoms with Gasteiger partial charge in [0, 0.05) is 13.0 Å². The van der Waals surface area contributed by atoms with Crippen LogP contribution in [-0.4, -0.2) is 24.7 Å². The van der Waals surface area contributed by atoms with Crippen LogP contribution in [0, 0.1) is 0 Å². The molecule has 3 aromatic carbocycles. The molecule has 0 heterocycles. The van der Waals surface area contributed by atoms with Gasteiger partial charge in [0.15, 0.2) is 0 Å². The number of aliphatic hydroxyl groups is 1. The van der Waals surface area contributed by atoms with Gasteiger partial charge in [0.1, 0.15) is 5.75 Å². The smallest absolute Gasteiger partial charge is 0.220 e. The fourth-order valence-electron chi connectivity index (χ4n) is 3.00. The number of carbonyl (C=O) groups is 1. The highest BCUT2D eigenvalue weighted by molar-refractivity contribution is 5.86. The van der Waals surface area contributed by atoms with E-state index < -0.39 is 6.10 Å². The Bertz CT molecular complexity index is 869. The lowest BCUT2D eigenvalue weighted by Gasteiger charge is -2.15. The topological polar surface area (TPSA) is 58.6 Å². The third-order valence-corrected chi connectivity index (χ3v) is 4.47. The Morgan fingerprint density at radius 1 is 1.04 bits per heavy atom. The molecular formula is C22H23NO3. The van der Waals surface area contributed by atoms with Crippen molar-refractivity contribution in [1.82, 2.24) is 5.32 Å². The van der Waals surface area contributed by atoms with Gasteiger partial charge >= 0.3 is 0 Å². The quantitative estimate of drug-likeness (QED) is 0.685. The van der Waals surface area contributed by atoms with Crippen molar-refractivity contribution in [3.05, 3.63) is 77.9 Å². The Morgan fingerprint density at radius 2 is 1.77 bits per heavy atom. The van der Waals surface area contributed by atoms with Crippen LogP contribution in [0.2, 0.25) is 0 Å². The van der Waals surface area contributed by atoms with Crippen LogP contribution in [-0.2, 0) is 11.2 Å². The molecule has 0 unspecified atom stereocenters. The van der Waals surface area contributed by atoms with Crippen molar-refractivity contribution in [3.8, 4) is 5.75 Å². The largest absolute Gasteiger partial charge is 0.497 e. The molecule has 0 saturated carbocycles. The van der Waals surface area contributed by atoms with E-state index in [4.69, 9.17) is 4.74 Å². The van der Waals surface area contributed by atoms with E-state index in [1.807, 2.05) is 66.7 Å². The number of carbonyl (C=O) groups excluding carboxylic acids is 1. The summed E-state index contributed by atoms with van der Waals surface area (Å²) >= 11 is 0. The van der Waals surface area contributed by atoms with Crippen molar-refractivity contribution >= 4 is 16.7 Å². The van der Waals surface area contributed by atoms with Crippen LogP contribution in [0.3, 0.4) is 0 Å². The number of rotatable bonds is 7. The molecule has 0 spiro atoms. The Kier molecular flexibility index (Phi) is 5.87. The maximum atomic E-state index is 12.1. The molecule has 3 aromatic rings. The van der Waals surface area contributed by atoms with Gasteiger partial charge in [0.25, 0.3) is 0 Å². The first kappa shape index (κ1) is 18.0. The average Bonchev–Trinajstić information content (AvgIpc) is 2.70. The second-order valence-corrected chi connectivity index (χ2v) is 6.24. The molecule has 0 aromatic heterocycles. The molecule has 4 heteroatoms. The van der Waals surface area contributed by atoms with Gasteiger partial charge in [-0.2, -0.15) is 0 Å². The van der Waals surface area contributed by atoms with Gasteiger partial charge in [-0.05, 0) is 40.5 Å². The second-order valence-electron chi connectivity index (χ2n) is 6.24. The zero-order chi connectivity index (χ0) is 18.4. The molecule has 0 fully saturated rings. The molecule has 1 amide bonds. The number of hydrogen-bond donors (Lipinski definition) is 2. The summed E-state index contributed by atoms with van der Waals surface area (Å²) in [7, 11) is 1.63. The summed E-state index contributed by atoms with van der Waals surface area (Å²) in [6.45, 7) is 0.204. The number of benzene rings is 3. The number of amides is 1. The SMILES string of the molecule is COc1ccc(CCC(=O)NC[C@@H](O)c2cccc3ccccc23)cc1. The Balaban J connectivity index is 1.53. The first-order valence-corrected chi connectivity index (χ1v) is 8.73. The van der Waals surface area contributed by atoms with Crippen LogP contribution < -0.4 is 10.1 Å². The van der Waals surface area contributed by atoms with Crippen LogP contribution in [0.15, 0.2) is 66.7 Å². The molecule has 1 atom stereocenters. The number of aryl methyl sites for hydroxylation is 1. The van der Waals surface area contributed by atoms with E-state index in [0.717, 1.165) is 27.6 Å². The molecule has 0 aliphatic carbocycles. The van der Waals surface area contributed by atoms with E-state index in [-0.39, 0.29) is 12.5 Å². The summed E-state index contributed by atoms with van der Waals surface area (Å²) in [4.78, 5) is 12.1. The summed E-state index contributed by atoms with van der Waals surface area (Å²) in [6.07, 6.45) is 0.306. The minimum absolute atomic E-state index is 0.0693. The van der Waals surface area contributed by atoms with Crippen LogP contribution >= 0.6 is 0 Å². The lowest BCUT2D eigenvalue weighted by Crippen LogP contribution is -2.28. The molecule has 3 rings (SSSR count). The lowest BCUT2D eigenvalue weighted by molar-refractivity contribution is -0.121. The van der Waals surface area contributed by atoms with E-state index in [1.165, 1.54) is 0 Å². The van der Waals surface area contributed by atoms with Crippen LogP contribution in [0.5, 0.6) is 5.75 Å². The predicted molar refractivity (Wildman–Crippen MR) is 103 cm³/mol. The highest BCUT2D eigenvalue weighted by Gasteiger charge is 2.12. The van der Waals surface area contributed by atoms with E-state index in [1.54, 1.807) is 7.11 Å². The third-order valence-electron chi connectivity index (χ3n) is 4.47. The Hall–Kier alpha value is -2.85. The van der Waals surface area contributed by atoms with Crippen molar-refractivity contribution in [2.75, 3.05) is 13.7 Å². The number of ether oxygens (including phenoxy) is 1. The number of nitrogens with one attached hydrogen (secondary N) is 1. The molecule has 134 valence electrons. The number of fused-ring (bicyclic) bond motifs is 1. The van der Waals surface area contributed by atoms with Gasteiger partial charge in [0.05, 0.1) is 13.2 Å². The van der Waals surface area contributed by atoms with Crippen molar-refractivity contribution in [3.63, 3.8) is 0 Å². The summed E-state index contributed by atoms with van der Waals surface area (Å²) in [5.41, 5.74) is 1.91. The van der Waals surface area contributed by atoms with Crippen LogP contribution in [0.4, 0.5) is 0 Å². The van der Waals surface area contributed by atoms with E-state index in [9.17, 15) is 9.90 Å². The molecule has 2 N–H and O–H groups in total. The summed E-state index contributed by atoms with van der Waals surface area (Å²) < 4.78 is 5.13. The second kappa shape index (κ2) is 8.50. The van der Waals surface area contributed by atoms with Gasteiger partial charge < -0.3 is 15.2 Å². The predicted octanol–water partition coefficient (Wildman–Crippen LogP) is 3.63. The molecule has 4 nitrogen and oxygen atoms in total. The van der Waals surface area contributed by atoms with Gasteiger partial charge in [0.2, 0.25) is 5.91 Å². The standard InChI is InChI=1S/C22H23NO3/c1-26-18-12-9-16(10-13-18)11-14-22(25)23-15-21(24)20-8-4-6-17-5-2-3-7-19(17)20/h2-10,12-13,21,24H,11,14-15H2,1H3,(H,23,25)/t21-/m1/s1. The number of hydrogen-bond acceptors (Lipinski definition) is 3. The van der Waals surface area contributed by atoms with Gasteiger partial charge in [-0.1, -0.05) is 54.6 Å². The molecule has 0 bridgehead atoms.